The van der Waals surface area contributed by atoms with E-state index in [4.69, 9.17) is 5.11 Å². The maximum atomic E-state index is 12.8. The minimum atomic E-state index is -1.34. The second-order valence-electron chi connectivity index (χ2n) is 2.50. The molecule has 0 fully saturated rings. The van der Waals surface area contributed by atoms with E-state index in [1.165, 1.54) is 18.3 Å². The van der Waals surface area contributed by atoms with Crippen LogP contribution in [0.2, 0.25) is 0 Å². The maximum absolute atomic E-state index is 12.8. The lowest BCUT2D eigenvalue weighted by molar-refractivity contribution is -0.139. The van der Waals surface area contributed by atoms with Gasteiger partial charge in [-0.2, -0.15) is 4.39 Å². The summed E-state index contributed by atoms with van der Waals surface area (Å²) in [6, 6.07) is 2.74. The Labute approximate surface area is 73.7 Å². The number of carboxylic acids is 1. The van der Waals surface area contributed by atoms with Gasteiger partial charge in [0.2, 0.25) is 5.95 Å². The first-order valence-corrected chi connectivity index (χ1v) is 3.61. The van der Waals surface area contributed by atoms with Crippen molar-refractivity contribution in [3.63, 3.8) is 0 Å². The van der Waals surface area contributed by atoms with Crippen molar-refractivity contribution in [1.82, 2.24) is 4.98 Å². The smallest absolute Gasteiger partial charge is 0.306 e. The molecule has 13 heavy (non-hydrogen) atoms. The van der Waals surface area contributed by atoms with Crippen molar-refractivity contribution in [3.05, 3.63) is 29.8 Å². The van der Waals surface area contributed by atoms with Crippen LogP contribution >= 0.6 is 0 Å². The summed E-state index contributed by atoms with van der Waals surface area (Å²) < 4.78 is 12.8. The molecule has 0 aliphatic heterocycles. The van der Waals surface area contributed by atoms with Crippen LogP contribution in [0.3, 0.4) is 0 Å². The van der Waals surface area contributed by atoms with E-state index < -0.39 is 24.4 Å². The van der Waals surface area contributed by atoms with Crippen molar-refractivity contribution < 1.29 is 19.4 Å². The van der Waals surface area contributed by atoms with Crippen molar-refractivity contribution in [2.75, 3.05) is 0 Å². The zero-order valence-corrected chi connectivity index (χ0v) is 6.64. The Morgan fingerprint density at radius 3 is 2.92 bits per heavy atom. The van der Waals surface area contributed by atoms with Gasteiger partial charge in [0.25, 0.3) is 0 Å². The van der Waals surface area contributed by atoms with Gasteiger partial charge in [0.15, 0.2) is 0 Å². The standard InChI is InChI=1S/C8H8FNO3/c9-8-5(2-1-3-10-8)6(11)4-7(12)13/h1-3,6,11H,4H2,(H,12,13)/t6-/m1/s1. The molecule has 1 aromatic heterocycles. The number of aliphatic hydroxyl groups is 1. The Balaban J connectivity index is 2.82. The van der Waals surface area contributed by atoms with Gasteiger partial charge in [-0.15, -0.1) is 0 Å². The van der Waals surface area contributed by atoms with Crippen molar-refractivity contribution in [2.24, 2.45) is 0 Å². The number of aliphatic carboxylic acids is 1. The number of hydrogen-bond donors (Lipinski definition) is 2. The summed E-state index contributed by atoms with van der Waals surface area (Å²) in [6.45, 7) is 0. The molecule has 0 amide bonds. The van der Waals surface area contributed by atoms with E-state index in [0.29, 0.717) is 0 Å². The first-order chi connectivity index (χ1) is 6.11. The molecule has 70 valence electrons. The number of rotatable bonds is 3. The lowest BCUT2D eigenvalue weighted by Crippen LogP contribution is -2.07. The van der Waals surface area contributed by atoms with Gasteiger partial charge in [-0.05, 0) is 6.07 Å². The highest BCUT2D eigenvalue weighted by Gasteiger charge is 2.15. The van der Waals surface area contributed by atoms with Crippen LogP contribution in [0.15, 0.2) is 18.3 Å². The van der Waals surface area contributed by atoms with Gasteiger partial charge in [-0.1, -0.05) is 6.07 Å². The van der Waals surface area contributed by atoms with E-state index in [9.17, 15) is 14.3 Å². The van der Waals surface area contributed by atoms with Gasteiger partial charge in [0.05, 0.1) is 12.5 Å². The molecular formula is C8H8FNO3. The summed E-state index contributed by atoms with van der Waals surface area (Å²) in [7, 11) is 0. The highest BCUT2D eigenvalue weighted by Crippen LogP contribution is 2.17. The second kappa shape index (κ2) is 3.95. The van der Waals surface area contributed by atoms with Crippen molar-refractivity contribution >= 4 is 5.97 Å². The molecule has 0 saturated carbocycles. The maximum Gasteiger partial charge on any atom is 0.306 e. The van der Waals surface area contributed by atoms with E-state index >= 15 is 0 Å². The summed E-state index contributed by atoms with van der Waals surface area (Å²) in [5.74, 6) is -2.02. The fourth-order valence-electron chi connectivity index (χ4n) is 0.922. The number of halogens is 1. The van der Waals surface area contributed by atoms with Crippen LogP contribution in [0.25, 0.3) is 0 Å². The normalized spacial score (nSPS) is 12.5. The molecule has 4 nitrogen and oxygen atoms in total. The van der Waals surface area contributed by atoms with Gasteiger partial charge >= 0.3 is 5.97 Å². The predicted octanol–water partition coefficient (Wildman–Crippen LogP) is 0.729. The molecule has 1 rings (SSSR count). The zero-order valence-electron chi connectivity index (χ0n) is 6.64. The third-order valence-corrected chi connectivity index (χ3v) is 1.51. The Kier molecular flexibility index (Phi) is 2.92. The van der Waals surface area contributed by atoms with Crippen LogP contribution in [0, 0.1) is 5.95 Å². The Morgan fingerprint density at radius 2 is 2.38 bits per heavy atom. The van der Waals surface area contributed by atoms with Crippen LogP contribution in [-0.2, 0) is 4.79 Å². The fraction of sp³-hybridized carbons (Fsp3) is 0.250. The second-order valence-corrected chi connectivity index (χ2v) is 2.50. The number of aliphatic hydroxyl groups excluding tert-OH is 1. The predicted molar refractivity (Wildman–Crippen MR) is 41.4 cm³/mol. The topological polar surface area (TPSA) is 70.4 Å². The van der Waals surface area contributed by atoms with Gasteiger partial charge in [-0.25, -0.2) is 4.98 Å². The van der Waals surface area contributed by atoms with Gasteiger partial charge < -0.3 is 10.2 Å². The Hall–Kier alpha value is -1.49. The third kappa shape index (κ3) is 2.48. The SMILES string of the molecule is O=C(O)C[C@@H](O)c1cccnc1F. The van der Waals surface area contributed by atoms with Gasteiger partial charge in [-0.3, -0.25) is 4.79 Å². The molecule has 1 atom stereocenters. The summed E-state index contributed by atoms with van der Waals surface area (Å²) in [4.78, 5) is 13.5. The lowest BCUT2D eigenvalue weighted by atomic mass is 10.1. The number of aromatic nitrogens is 1. The van der Waals surface area contributed by atoms with Crippen molar-refractivity contribution in [1.29, 1.82) is 0 Å². The summed E-state index contributed by atoms with van der Waals surface area (Å²) >= 11 is 0. The number of carboxylic acid groups (broad SMARTS) is 1. The minimum absolute atomic E-state index is 0.0927. The molecule has 0 bridgehead atoms. The number of carbonyl (C=O) groups is 1. The van der Waals surface area contributed by atoms with Crippen LogP contribution in [0.1, 0.15) is 18.1 Å². The zero-order chi connectivity index (χ0) is 9.84. The van der Waals surface area contributed by atoms with E-state index in [1.807, 2.05) is 0 Å². The lowest BCUT2D eigenvalue weighted by Gasteiger charge is -2.07. The fourth-order valence-corrected chi connectivity index (χ4v) is 0.922. The summed E-state index contributed by atoms with van der Waals surface area (Å²) in [6.07, 6.45) is -0.638. The van der Waals surface area contributed by atoms with Crippen molar-refractivity contribution in [2.45, 2.75) is 12.5 Å². The molecule has 0 aliphatic carbocycles. The van der Waals surface area contributed by atoms with Gasteiger partial charge in [0, 0.05) is 11.8 Å². The number of pyridine rings is 1. The van der Waals surface area contributed by atoms with Gasteiger partial charge in [0.1, 0.15) is 0 Å². The molecule has 0 unspecified atom stereocenters. The highest BCUT2D eigenvalue weighted by molar-refractivity contribution is 5.67. The van der Waals surface area contributed by atoms with Crippen molar-refractivity contribution in [3.8, 4) is 0 Å². The number of hydrogen-bond acceptors (Lipinski definition) is 3. The molecule has 2 N–H and O–H groups in total. The molecular weight excluding hydrogens is 177 g/mol. The highest BCUT2D eigenvalue weighted by atomic mass is 19.1. The first-order valence-electron chi connectivity index (χ1n) is 3.61. The van der Waals surface area contributed by atoms with Crippen LogP contribution < -0.4 is 0 Å². The van der Waals surface area contributed by atoms with Crippen LogP contribution in [0.5, 0.6) is 0 Å². The molecule has 0 aliphatic rings. The summed E-state index contributed by atoms with van der Waals surface area (Å²) in [5, 5.41) is 17.5. The average molecular weight is 185 g/mol. The molecule has 0 radical (unpaired) electrons. The monoisotopic (exact) mass is 185 g/mol. The first kappa shape index (κ1) is 9.60. The average Bonchev–Trinajstić information content (AvgIpc) is 2.03. The quantitative estimate of drug-likeness (QED) is 0.681. The number of nitrogens with zero attached hydrogens (tertiary/aromatic N) is 1. The summed E-state index contributed by atoms with van der Waals surface area (Å²) in [5.41, 5.74) is -0.0927. The molecule has 0 saturated heterocycles. The van der Waals surface area contributed by atoms with E-state index in [0.717, 1.165) is 0 Å². The molecule has 0 aromatic carbocycles. The molecule has 0 spiro atoms. The third-order valence-electron chi connectivity index (χ3n) is 1.51. The molecule has 5 heteroatoms. The minimum Gasteiger partial charge on any atom is -0.481 e. The molecule has 1 aromatic rings. The Bertz CT molecular complexity index is 316. The van der Waals surface area contributed by atoms with E-state index in [-0.39, 0.29) is 5.56 Å². The van der Waals surface area contributed by atoms with Crippen LogP contribution in [0.4, 0.5) is 4.39 Å². The van der Waals surface area contributed by atoms with E-state index in [2.05, 4.69) is 4.98 Å². The molecule has 1 heterocycles. The van der Waals surface area contributed by atoms with Crippen LogP contribution in [-0.4, -0.2) is 21.2 Å². The largest absolute Gasteiger partial charge is 0.481 e. The van der Waals surface area contributed by atoms with E-state index in [1.54, 1.807) is 0 Å². The Morgan fingerprint density at radius 1 is 1.69 bits per heavy atom.